The minimum Gasteiger partial charge on any atom is -0.458 e. The van der Waals surface area contributed by atoms with Crippen LogP contribution in [0, 0.1) is 0 Å². The van der Waals surface area contributed by atoms with Gasteiger partial charge in [-0.3, -0.25) is 4.79 Å². The summed E-state index contributed by atoms with van der Waals surface area (Å²) >= 11 is 1.50. The number of fused-ring (bicyclic) bond motifs is 1. The predicted octanol–water partition coefficient (Wildman–Crippen LogP) is 2.82. The maximum atomic E-state index is 11.1. The summed E-state index contributed by atoms with van der Waals surface area (Å²) < 4.78 is 1.74. The molecule has 2 N–H and O–H groups in total. The van der Waals surface area contributed by atoms with Crippen molar-refractivity contribution in [3.8, 4) is 16.3 Å². The number of thiazole rings is 1. The first-order valence-electron chi connectivity index (χ1n) is 6.15. The Kier molecular flexibility index (Phi) is 3.12. The Morgan fingerprint density at radius 2 is 2.10 bits per heavy atom. The van der Waals surface area contributed by atoms with E-state index in [4.69, 9.17) is 0 Å². The van der Waals surface area contributed by atoms with Gasteiger partial charge >= 0.3 is 5.88 Å². The highest BCUT2D eigenvalue weighted by Crippen LogP contribution is 2.34. The van der Waals surface area contributed by atoms with E-state index in [9.17, 15) is 9.90 Å². The van der Waals surface area contributed by atoms with Crippen molar-refractivity contribution in [2.75, 3.05) is 5.32 Å². The Balaban J connectivity index is 2.11. The lowest BCUT2D eigenvalue weighted by Crippen LogP contribution is -2.16. The van der Waals surface area contributed by atoms with Crippen LogP contribution in [0.25, 0.3) is 15.3 Å². The number of rotatable bonds is 2. The Labute approximate surface area is 119 Å². The molecule has 2 heterocycles. The molecular weight excluding hydrogens is 272 g/mol. The first-order valence-corrected chi connectivity index (χ1v) is 6.97. The van der Waals surface area contributed by atoms with Gasteiger partial charge in [-0.2, -0.15) is 0 Å². The third kappa shape index (κ3) is 2.23. The second-order valence-electron chi connectivity index (χ2n) is 4.43. The van der Waals surface area contributed by atoms with Crippen LogP contribution in [0.2, 0.25) is 0 Å². The molecule has 2 aromatic heterocycles. The Morgan fingerprint density at radius 3 is 2.85 bits per heavy atom. The lowest BCUT2D eigenvalue weighted by molar-refractivity contribution is -0.517. The molecule has 20 heavy (non-hydrogen) atoms. The first-order chi connectivity index (χ1) is 9.65. The Morgan fingerprint density at radius 1 is 1.25 bits per heavy atom. The topological polar surface area (TPSA) is 53.4 Å². The van der Waals surface area contributed by atoms with Gasteiger partial charge in [-0.05, 0) is 18.2 Å². The van der Waals surface area contributed by atoms with E-state index in [1.54, 1.807) is 4.40 Å². The van der Waals surface area contributed by atoms with Crippen LogP contribution in [-0.2, 0) is 4.79 Å². The van der Waals surface area contributed by atoms with Crippen molar-refractivity contribution in [1.29, 1.82) is 0 Å². The lowest BCUT2D eigenvalue weighted by atomic mass is 10.1. The summed E-state index contributed by atoms with van der Waals surface area (Å²) in [5.41, 5.74) is 1.60. The van der Waals surface area contributed by atoms with Crippen LogP contribution in [0.15, 0.2) is 48.7 Å². The van der Waals surface area contributed by atoms with Crippen molar-refractivity contribution in [1.82, 2.24) is 0 Å². The van der Waals surface area contributed by atoms with E-state index in [0.717, 1.165) is 21.0 Å². The summed E-state index contributed by atoms with van der Waals surface area (Å²) in [7, 11) is 0. The molecule has 0 bridgehead atoms. The van der Waals surface area contributed by atoms with E-state index in [-0.39, 0.29) is 11.8 Å². The van der Waals surface area contributed by atoms with E-state index in [0.29, 0.717) is 0 Å². The second kappa shape index (κ2) is 4.94. The number of carbonyl (C=O) groups excluding carboxylic acids is 1. The molecule has 0 radical (unpaired) electrons. The third-order valence-electron chi connectivity index (χ3n) is 2.91. The molecule has 1 amide bonds. The van der Waals surface area contributed by atoms with Crippen molar-refractivity contribution in [2.24, 2.45) is 0 Å². The maximum absolute atomic E-state index is 11.1. The fourth-order valence-corrected chi connectivity index (χ4v) is 3.11. The van der Waals surface area contributed by atoms with Crippen molar-refractivity contribution >= 4 is 27.8 Å². The molecule has 100 valence electrons. The van der Waals surface area contributed by atoms with Crippen LogP contribution in [0.3, 0.4) is 0 Å². The SMILES string of the molecule is CC(=O)Nc1cccc(-c2sc3cccc[n+]3c2O)c1. The van der Waals surface area contributed by atoms with Gasteiger partial charge < -0.3 is 10.4 Å². The molecule has 0 saturated heterocycles. The monoisotopic (exact) mass is 285 g/mol. The number of hydrogen-bond acceptors (Lipinski definition) is 3. The minimum absolute atomic E-state index is 0.114. The fraction of sp³-hybridized carbons (Fsp3) is 0.0667. The van der Waals surface area contributed by atoms with E-state index in [1.165, 1.54) is 18.3 Å². The average molecular weight is 285 g/mol. The van der Waals surface area contributed by atoms with E-state index < -0.39 is 0 Å². The van der Waals surface area contributed by atoms with Crippen molar-refractivity contribution in [2.45, 2.75) is 6.92 Å². The Bertz CT molecular complexity index is 795. The summed E-state index contributed by atoms with van der Waals surface area (Å²) in [5, 5.41) is 13.0. The van der Waals surface area contributed by atoms with Gasteiger partial charge in [0, 0.05) is 30.3 Å². The maximum Gasteiger partial charge on any atom is 0.390 e. The molecule has 0 spiro atoms. The quantitative estimate of drug-likeness (QED) is 0.711. The summed E-state index contributed by atoms with van der Waals surface area (Å²) in [6.45, 7) is 1.47. The standard InChI is InChI=1S/C15H12N2O2S/c1-10(18)16-12-6-4-5-11(9-12)14-15(19)17-8-3-2-7-13(17)20-14/h2-9H,1H3,(H-,16,18,19)/p+1. The largest absolute Gasteiger partial charge is 0.458 e. The van der Waals surface area contributed by atoms with Crippen LogP contribution >= 0.6 is 11.3 Å². The molecule has 0 atom stereocenters. The summed E-state index contributed by atoms with van der Waals surface area (Å²) in [4.78, 5) is 12.9. The number of benzene rings is 1. The number of nitrogens with zero attached hydrogens (tertiary/aromatic N) is 1. The van der Waals surface area contributed by atoms with E-state index in [2.05, 4.69) is 5.32 Å². The number of hydrogen-bond donors (Lipinski definition) is 2. The van der Waals surface area contributed by atoms with Crippen LogP contribution in [0.1, 0.15) is 6.92 Å². The molecule has 0 fully saturated rings. The zero-order chi connectivity index (χ0) is 14.1. The molecule has 3 aromatic rings. The van der Waals surface area contributed by atoms with Gasteiger partial charge in [0.15, 0.2) is 11.1 Å². The van der Waals surface area contributed by atoms with Crippen molar-refractivity contribution in [3.63, 3.8) is 0 Å². The van der Waals surface area contributed by atoms with Crippen LogP contribution in [0.4, 0.5) is 5.69 Å². The number of carbonyl (C=O) groups is 1. The molecule has 0 aliphatic carbocycles. The molecule has 0 aliphatic rings. The number of nitrogens with one attached hydrogen (secondary N) is 1. The number of pyridine rings is 1. The minimum atomic E-state index is -0.114. The van der Waals surface area contributed by atoms with Gasteiger partial charge in [-0.15, -0.1) is 4.40 Å². The predicted molar refractivity (Wildman–Crippen MR) is 78.9 cm³/mol. The first kappa shape index (κ1) is 12.6. The van der Waals surface area contributed by atoms with Crippen molar-refractivity contribution in [3.05, 3.63) is 48.7 Å². The van der Waals surface area contributed by atoms with E-state index >= 15 is 0 Å². The third-order valence-corrected chi connectivity index (χ3v) is 4.07. The molecule has 5 heteroatoms. The second-order valence-corrected chi connectivity index (χ2v) is 5.46. The van der Waals surface area contributed by atoms with Gasteiger partial charge in [0.2, 0.25) is 5.91 Å². The van der Waals surface area contributed by atoms with Crippen LogP contribution in [0.5, 0.6) is 5.88 Å². The number of anilines is 1. The molecule has 4 nitrogen and oxygen atoms in total. The smallest absolute Gasteiger partial charge is 0.390 e. The number of aromatic hydroxyl groups is 1. The molecular formula is C15H13N2O2S+. The highest BCUT2D eigenvalue weighted by Gasteiger charge is 2.21. The summed E-state index contributed by atoms with van der Waals surface area (Å²) in [6.07, 6.45) is 1.82. The number of aromatic nitrogens is 1. The normalized spacial score (nSPS) is 10.7. The molecule has 3 rings (SSSR count). The van der Waals surface area contributed by atoms with Gasteiger partial charge in [-0.1, -0.05) is 23.5 Å². The van der Waals surface area contributed by atoms with E-state index in [1.807, 2.05) is 48.7 Å². The molecule has 0 saturated carbocycles. The van der Waals surface area contributed by atoms with Crippen LogP contribution in [-0.4, -0.2) is 11.0 Å². The van der Waals surface area contributed by atoms with Gasteiger partial charge in [-0.25, -0.2) is 0 Å². The zero-order valence-corrected chi connectivity index (χ0v) is 11.6. The van der Waals surface area contributed by atoms with Gasteiger partial charge in [0.05, 0.1) is 0 Å². The fourth-order valence-electron chi connectivity index (χ4n) is 2.07. The Hall–Kier alpha value is -2.40. The highest BCUT2D eigenvalue weighted by molar-refractivity contribution is 7.20. The highest BCUT2D eigenvalue weighted by atomic mass is 32.1. The molecule has 0 unspecified atom stereocenters. The number of amides is 1. The zero-order valence-electron chi connectivity index (χ0n) is 10.8. The van der Waals surface area contributed by atoms with Gasteiger partial charge in [0.25, 0.3) is 4.83 Å². The average Bonchev–Trinajstić information content (AvgIpc) is 2.76. The molecule has 1 aromatic carbocycles. The van der Waals surface area contributed by atoms with Crippen molar-refractivity contribution < 1.29 is 14.3 Å². The summed E-state index contributed by atoms with van der Waals surface area (Å²) in [6, 6.07) is 13.2. The van der Waals surface area contributed by atoms with Gasteiger partial charge in [0.1, 0.15) is 0 Å². The lowest BCUT2D eigenvalue weighted by Gasteiger charge is -2.03. The summed E-state index contributed by atoms with van der Waals surface area (Å²) in [5.74, 6) is 0.0997. The van der Waals surface area contributed by atoms with Crippen LogP contribution < -0.4 is 9.72 Å². The molecule has 0 aliphatic heterocycles.